The molecule has 3 amide bonds. The summed E-state index contributed by atoms with van der Waals surface area (Å²) in [4.78, 5) is 84.2. The van der Waals surface area contributed by atoms with Crippen LogP contribution < -0.4 is 16.4 Å². The first-order chi connectivity index (χ1) is 33.0. The molecule has 4 heterocycles. The van der Waals surface area contributed by atoms with Gasteiger partial charge in [0.15, 0.2) is 51.8 Å². The van der Waals surface area contributed by atoms with Crippen LogP contribution in [0.1, 0.15) is 84.9 Å². The first-order valence-electron chi connectivity index (χ1n) is 20.2. The number of ether oxygens (including phenoxy) is 1. The number of nitrogens with one attached hydrogen (secondary N) is 2. The van der Waals surface area contributed by atoms with Crippen LogP contribution in [0.4, 0.5) is 17.6 Å². The molecule has 0 bridgehead atoms. The maximum atomic E-state index is 13.4. The Balaban J connectivity index is 0.000000204. The number of nitrogens with zero attached hydrogens (tertiary/aromatic N) is 6. The van der Waals surface area contributed by atoms with Crippen molar-refractivity contribution in [2.75, 3.05) is 7.11 Å². The van der Waals surface area contributed by atoms with Crippen molar-refractivity contribution in [1.29, 1.82) is 0 Å². The van der Waals surface area contributed by atoms with Gasteiger partial charge in [0.05, 0.1) is 30.6 Å². The van der Waals surface area contributed by atoms with Crippen molar-refractivity contribution in [1.82, 2.24) is 39.8 Å². The van der Waals surface area contributed by atoms with E-state index in [9.17, 15) is 46.3 Å². The molecule has 0 fully saturated rings. The molecule has 0 aliphatic rings. The molecule has 4 aromatic heterocycles. The molecule has 0 saturated heterocycles. The van der Waals surface area contributed by atoms with E-state index in [2.05, 4.69) is 30.8 Å². The SMILES string of the molecule is COC(=O)c1cc(C(=O)NCc2ccc(F)c(F)c2)nc2c(C(=O)Cc3ccccc3Cl)cnn12.NC(=O)c1cc(C(=O)NCc2ccc(F)c(F)c2)nc2c(C(=O)Cc3ccccc3Cl)cnn12. The number of primary amides is 1. The molecule has 0 radical (unpaired) electrons. The number of benzene rings is 4. The van der Waals surface area contributed by atoms with Crippen molar-refractivity contribution in [3.63, 3.8) is 0 Å². The van der Waals surface area contributed by atoms with E-state index in [1.165, 1.54) is 24.5 Å². The van der Waals surface area contributed by atoms with Crippen molar-refractivity contribution < 1.29 is 51.1 Å². The molecule has 0 unspecified atom stereocenters. The fraction of sp³-hybridized carbons (Fsp3) is 0.106. The smallest absolute Gasteiger partial charge is 0.356 e. The van der Waals surface area contributed by atoms with Crippen LogP contribution in [0.25, 0.3) is 11.3 Å². The van der Waals surface area contributed by atoms with E-state index in [4.69, 9.17) is 33.7 Å². The molecular weight excluding hydrogens is 949 g/mol. The van der Waals surface area contributed by atoms with Crippen LogP contribution in [0.15, 0.2) is 109 Å². The average Bonchev–Trinajstić information content (AvgIpc) is 3.98. The number of nitrogens with two attached hydrogens (primary N) is 1. The number of amides is 3. The number of esters is 1. The van der Waals surface area contributed by atoms with Gasteiger partial charge in [0.25, 0.3) is 17.7 Å². The number of ketones is 2. The molecular formula is C47H33Cl2F4N9O7. The van der Waals surface area contributed by atoms with Gasteiger partial charge in [0.2, 0.25) is 0 Å². The maximum Gasteiger partial charge on any atom is 0.356 e. The van der Waals surface area contributed by atoms with Crippen LogP contribution in [0.3, 0.4) is 0 Å². The molecule has 0 aliphatic heterocycles. The highest BCUT2D eigenvalue weighted by Crippen LogP contribution is 2.22. The second-order valence-corrected chi connectivity index (χ2v) is 15.6. The lowest BCUT2D eigenvalue weighted by atomic mass is 10.1. The topological polar surface area (TPSA) is 222 Å². The second kappa shape index (κ2) is 21.1. The van der Waals surface area contributed by atoms with Crippen molar-refractivity contribution in [2.45, 2.75) is 25.9 Å². The first-order valence-corrected chi connectivity index (χ1v) is 20.9. The summed E-state index contributed by atoms with van der Waals surface area (Å²) in [5.41, 5.74) is 6.60. The minimum atomic E-state index is -1.05. The normalized spacial score (nSPS) is 10.9. The Kier molecular flexibility index (Phi) is 14.8. The van der Waals surface area contributed by atoms with E-state index in [1.807, 2.05) is 0 Å². The molecule has 8 aromatic rings. The molecule has 4 N–H and O–H groups in total. The lowest BCUT2D eigenvalue weighted by molar-refractivity contribution is 0.0589. The quantitative estimate of drug-likeness (QED) is 0.0577. The summed E-state index contributed by atoms with van der Waals surface area (Å²) >= 11 is 12.3. The predicted octanol–water partition coefficient (Wildman–Crippen LogP) is 6.92. The molecule has 16 nitrogen and oxygen atoms in total. The molecule has 0 atom stereocenters. The monoisotopic (exact) mass is 981 g/mol. The average molecular weight is 983 g/mol. The number of fused-ring (bicyclic) bond motifs is 2. The lowest BCUT2D eigenvalue weighted by Gasteiger charge is -2.09. The summed E-state index contributed by atoms with van der Waals surface area (Å²) in [6.45, 7) is -0.264. The maximum absolute atomic E-state index is 13.4. The summed E-state index contributed by atoms with van der Waals surface area (Å²) in [7, 11) is 1.16. The van der Waals surface area contributed by atoms with Gasteiger partial charge < -0.3 is 21.1 Å². The van der Waals surface area contributed by atoms with Gasteiger partial charge in [-0.05, 0) is 58.7 Å². The second-order valence-electron chi connectivity index (χ2n) is 14.7. The fourth-order valence-corrected chi connectivity index (χ4v) is 7.05. The predicted molar refractivity (Wildman–Crippen MR) is 240 cm³/mol. The summed E-state index contributed by atoms with van der Waals surface area (Å²) in [5, 5.41) is 14.0. The number of carbonyl (C=O) groups is 6. The zero-order valence-corrected chi connectivity index (χ0v) is 37.1. The summed E-state index contributed by atoms with van der Waals surface area (Å²) < 4.78 is 60.1. The van der Waals surface area contributed by atoms with Gasteiger partial charge in [-0.3, -0.25) is 24.0 Å². The summed E-state index contributed by atoms with van der Waals surface area (Å²) in [6.07, 6.45) is 2.37. The van der Waals surface area contributed by atoms with Gasteiger partial charge in [-0.1, -0.05) is 71.7 Å². The number of hydrogen-bond acceptors (Lipinski definition) is 11. The van der Waals surface area contributed by atoms with E-state index in [0.29, 0.717) is 32.3 Å². The Morgan fingerprint density at radius 2 is 1.01 bits per heavy atom. The van der Waals surface area contributed by atoms with E-state index in [0.717, 1.165) is 52.5 Å². The van der Waals surface area contributed by atoms with Gasteiger partial charge in [-0.2, -0.15) is 10.2 Å². The largest absolute Gasteiger partial charge is 0.464 e. The third kappa shape index (κ3) is 11.1. The minimum Gasteiger partial charge on any atom is -0.464 e. The zero-order chi connectivity index (χ0) is 49.5. The van der Waals surface area contributed by atoms with Gasteiger partial charge in [-0.25, -0.2) is 41.4 Å². The van der Waals surface area contributed by atoms with Crippen LogP contribution in [-0.2, 0) is 30.7 Å². The highest BCUT2D eigenvalue weighted by atomic mass is 35.5. The molecule has 350 valence electrons. The third-order valence-electron chi connectivity index (χ3n) is 10.1. The summed E-state index contributed by atoms with van der Waals surface area (Å²) in [6, 6.07) is 22.4. The van der Waals surface area contributed by atoms with Crippen molar-refractivity contribution >= 4 is 69.8 Å². The fourth-order valence-electron chi connectivity index (χ4n) is 6.64. The highest BCUT2D eigenvalue weighted by molar-refractivity contribution is 6.32. The van der Waals surface area contributed by atoms with Crippen molar-refractivity contribution in [3.05, 3.63) is 199 Å². The number of halogens is 6. The van der Waals surface area contributed by atoms with Crippen LogP contribution >= 0.6 is 23.2 Å². The molecule has 8 rings (SSSR count). The Morgan fingerprint density at radius 3 is 1.42 bits per heavy atom. The number of aromatic nitrogens is 6. The number of methoxy groups -OCH3 is 1. The molecule has 69 heavy (non-hydrogen) atoms. The number of hydrogen-bond donors (Lipinski definition) is 3. The Bertz CT molecular complexity index is 3370. The number of carbonyl (C=O) groups excluding carboxylic acids is 6. The molecule has 0 saturated carbocycles. The molecule has 4 aromatic carbocycles. The van der Waals surface area contributed by atoms with E-state index < -0.39 is 47.0 Å². The minimum absolute atomic E-state index is 0.0251. The van der Waals surface area contributed by atoms with Gasteiger partial charge in [0.1, 0.15) is 17.1 Å². The molecule has 0 aliphatic carbocycles. The lowest BCUT2D eigenvalue weighted by Crippen LogP contribution is -2.26. The third-order valence-corrected chi connectivity index (χ3v) is 10.9. The van der Waals surface area contributed by atoms with E-state index >= 15 is 0 Å². The summed E-state index contributed by atoms with van der Waals surface area (Å²) in [5.74, 6) is -8.02. The number of Topliss-reactive ketones (excluding diaryl/α,β-unsaturated/α-hetero) is 2. The van der Waals surface area contributed by atoms with Crippen LogP contribution in [-0.4, -0.2) is 71.6 Å². The number of rotatable bonds is 14. The molecule has 0 spiro atoms. The zero-order valence-electron chi connectivity index (χ0n) is 35.6. The van der Waals surface area contributed by atoms with Gasteiger partial charge in [-0.15, -0.1) is 0 Å². The Labute approximate surface area is 397 Å². The van der Waals surface area contributed by atoms with Crippen molar-refractivity contribution in [2.24, 2.45) is 5.73 Å². The van der Waals surface area contributed by atoms with Gasteiger partial charge in [0, 0.05) is 48.1 Å². The first kappa shape index (κ1) is 48.6. The standard InChI is InChI=1S/C24H17ClF2N4O4.C23H16ClF2N5O3/c1-35-24(34)20-10-19(23(33)28-11-13-6-7-17(26)18(27)8-13)30-22-15(12-29-31(20)22)21(32)9-14-4-2-3-5-16(14)25;24-15-4-2-1-3-13(15)8-20(32)14-11-29-31-19(21(27)33)9-18(30-22(14)31)23(34)28-10-12-5-6-16(25)17(26)7-12/h2-8,10,12H,9,11H2,1H3,(H,28,33);1-7,9,11H,8,10H2,(H2,27,33)(H,28,34). The molecule has 22 heteroatoms. The van der Waals surface area contributed by atoms with Gasteiger partial charge >= 0.3 is 5.97 Å². The van der Waals surface area contributed by atoms with E-state index in [1.54, 1.807) is 48.5 Å². The van der Waals surface area contributed by atoms with Crippen LogP contribution in [0.5, 0.6) is 0 Å². The van der Waals surface area contributed by atoms with Crippen molar-refractivity contribution in [3.8, 4) is 0 Å². The highest BCUT2D eigenvalue weighted by Gasteiger charge is 2.25. The Hall–Kier alpha value is -8.36. The van der Waals surface area contributed by atoms with Crippen LogP contribution in [0.2, 0.25) is 10.0 Å². The van der Waals surface area contributed by atoms with E-state index in [-0.39, 0.29) is 82.7 Å². The Morgan fingerprint density at radius 1 is 0.594 bits per heavy atom. The van der Waals surface area contributed by atoms with Crippen LogP contribution in [0, 0.1) is 23.3 Å².